The minimum absolute atomic E-state index is 0.113. The maximum Gasteiger partial charge on any atom is 0.269 e. The summed E-state index contributed by atoms with van der Waals surface area (Å²) in [6, 6.07) is 20.4. The molecule has 1 amide bonds. The highest BCUT2D eigenvalue weighted by Crippen LogP contribution is 2.17. The number of non-ortho nitro benzene ring substituents is 1. The minimum Gasteiger partial charge on any atom is -0.489 e. The molecular weight excluding hydrogens is 408 g/mol. The van der Waals surface area contributed by atoms with Crippen molar-refractivity contribution in [1.29, 1.82) is 0 Å². The first-order valence-electron chi connectivity index (χ1n) is 8.87. The predicted molar refractivity (Wildman–Crippen MR) is 110 cm³/mol. The normalized spacial score (nSPS) is 10.9. The highest BCUT2D eigenvalue weighted by Gasteiger charge is 2.18. The van der Waals surface area contributed by atoms with Gasteiger partial charge in [-0.25, -0.2) is 8.42 Å². The molecule has 0 radical (unpaired) electrons. The smallest absolute Gasteiger partial charge is 0.269 e. The van der Waals surface area contributed by atoms with Crippen molar-refractivity contribution >= 4 is 21.4 Å². The number of nitro benzene ring substituents is 1. The Morgan fingerprint density at radius 1 is 0.933 bits per heavy atom. The van der Waals surface area contributed by atoms with Crippen LogP contribution in [0.4, 0.5) is 5.69 Å². The zero-order valence-electron chi connectivity index (χ0n) is 15.7. The first-order valence-corrected chi connectivity index (χ1v) is 10.5. The van der Waals surface area contributed by atoms with Crippen LogP contribution in [0, 0.1) is 10.1 Å². The quantitative estimate of drug-likeness (QED) is 0.436. The average molecular weight is 426 g/mol. The Balaban J connectivity index is 1.56. The van der Waals surface area contributed by atoms with E-state index in [-0.39, 0.29) is 16.1 Å². The predicted octanol–water partition coefficient (Wildman–Crippen LogP) is 3.34. The van der Waals surface area contributed by atoms with Crippen LogP contribution >= 0.6 is 0 Å². The van der Waals surface area contributed by atoms with E-state index in [1.54, 1.807) is 12.1 Å². The van der Waals surface area contributed by atoms with Gasteiger partial charge in [-0.05, 0) is 42.0 Å². The van der Waals surface area contributed by atoms with Crippen molar-refractivity contribution in [2.45, 2.75) is 11.5 Å². The number of ether oxygens (including phenoxy) is 1. The highest BCUT2D eigenvalue weighted by molar-refractivity contribution is 7.91. The Kier molecular flexibility index (Phi) is 6.43. The van der Waals surface area contributed by atoms with Gasteiger partial charge >= 0.3 is 0 Å². The van der Waals surface area contributed by atoms with Crippen molar-refractivity contribution < 1.29 is 22.9 Å². The Hall–Kier alpha value is -3.72. The number of benzene rings is 3. The molecule has 3 aromatic carbocycles. The van der Waals surface area contributed by atoms with E-state index >= 15 is 0 Å². The number of carbonyl (C=O) groups excluding carboxylic acids is 1. The molecule has 0 aliphatic rings. The largest absolute Gasteiger partial charge is 0.489 e. The summed E-state index contributed by atoms with van der Waals surface area (Å²) < 4.78 is 30.3. The van der Waals surface area contributed by atoms with Crippen molar-refractivity contribution in [3.05, 3.63) is 100 Å². The zero-order chi connectivity index (χ0) is 21.6. The lowest BCUT2D eigenvalue weighted by molar-refractivity contribution is -0.384. The summed E-state index contributed by atoms with van der Waals surface area (Å²) in [5.41, 5.74) is 1.07. The molecule has 0 aromatic heterocycles. The second-order valence-electron chi connectivity index (χ2n) is 6.31. The fraction of sp³-hybridized carbons (Fsp3) is 0.0952. The molecule has 0 saturated carbocycles. The summed E-state index contributed by atoms with van der Waals surface area (Å²) in [6.07, 6.45) is 0. The fourth-order valence-electron chi connectivity index (χ4n) is 2.56. The molecule has 0 bridgehead atoms. The van der Waals surface area contributed by atoms with E-state index in [0.717, 1.165) is 29.8 Å². The number of nitrogens with zero attached hydrogens (tertiary/aromatic N) is 1. The Bertz CT molecular complexity index is 1130. The van der Waals surface area contributed by atoms with Crippen molar-refractivity contribution in [1.82, 2.24) is 5.32 Å². The van der Waals surface area contributed by atoms with Gasteiger partial charge in [-0.1, -0.05) is 30.3 Å². The second-order valence-corrected chi connectivity index (χ2v) is 8.30. The molecule has 30 heavy (non-hydrogen) atoms. The van der Waals surface area contributed by atoms with Gasteiger partial charge in [0, 0.05) is 17.7 Å². The first kappa shape index (κ1) is 21.0. The number of amides is 1. The minimum atomic E-state index is -3.83. The molecule has 0 fully saturated rings. The van der Waals surface area contributed by atoms with Gasteiger partial charge in [0.25, 0.3) is 11.6 Å². The standard InChI is InChI=1S/C21H18N2O6S/c24-21(22-15-30(27,28)20-12-8-18(9-13-20)23(25)26)17-6-10-19(11-7-17)29-14-16-4-2-1-3-5-16/h1-13H,14-15H2,(H,22,24). The van der Waals surface area contributed by atoms with Crippen LogP contribution in [-0.2, 0) is 16.4 Å². The van der Waals surface area contributed by atoms with E-state index in [2.05, 4.69) is 5.32 Å². The Labute approximate surface area is 173 Å². The SMILES string of the molecule is O=C(NCS(=O)(=O)c1ccc([N+](=O)[O-])cc1)c1ccc(OCc2ccccc2)cc1. The molecule has 0 aliphatic heterocycles. The van der Waals surface area contributed by atoms with Crippen molar-refractivity contribution in [2.24, 2.45) is 0 Å². The molecule has 0 aliphatic carbocycles. The van der Waals surface area contributed by atoms with Crippen molar-refractivity contribution in [2.75, 3.05) is 5.88 Å². The topological polar surface area (TPSA) is 116 Å². The zero-order valence-corrected chi connectivity index (χ0v) is 16.5. The first-order chi connectivity index (χ1) is 14.3. The molecular formula is C21H18N2O6S. The summed E-state index contributed by atoms with van der Waals surface area (Å²) in [5.74, 6) is -0.611. The molecule has 0 atom stereocenters. The maximum absolute atomic E-state index is 12.3. The van der Waals surface area contributed by atoms with E-state index in [4.69, 9.17) is 4.74 Å². The van der Waals surface area contributed by atoms with Gasteiger partial charge in [-0.2, -0.15) is 0 Å². The van der Waals surface area contributed by atoms with Crippen LogP contribution in [0.2, 0.25) is 0 Å². The molecule has 154 valence electrons. The van der Waals surface area contributed by atoms with Gasteiger partial charge in [0.05, 0.1) is 9.82 Å². The van der Waals surface area contributed by atoms with Crippen LogP contribution in [0.25, 0.3) is 0 Å². The molecule has 8 nitrogen and oxygen atoms in total. The Morgan fingerprint density at radius 2 is 1.57 bits per heavy atom. The van der Waals surface area contributed by atoms with Gasteiger partial charge in [0.2, 0.25) is 0 Å². The molecule has 0 spiro atoms. The molecule has 9 heteroatoms. The maximum atomic E-state index is 12.3. The average Bonchev–Trinajstić information content (AvgIpc) is 2.77. The summed E-state index contributed by atoms with van der Waals surface area (Å²) in [7, 11) is -3.83. The van der Waals surface area contributed by atoms with Crippen LogP contribution in [0.3, 0.4) is 0 Å². The molecule has 0 unspecified atom stereocenters. The van der Waals surface area contributed by atoms with Crippen LogP contribution in [0.5, 0.6) is 5.75 Å². The summed E-state index contributed by atoms with van der Waals surface area (Å²) >= 11 is 0. The fourth-order valence-corrected chi connectivity index (χ4v) is 3.60. The van der Waals surface area contributed by atoms with E-state index in [1.165, 1.54) is 12.1 Å². The van der Waals surface area contributed by atoms with Crippen LogP contribution in [-0.4, -0.2) is 25.1 Å². The summed E-state index contributed by atoms with van der Waals surface area (Å²) in [6.45, 7) is 0.389. The number of carbonyl (C=O) groups is 1. The van der Waals surface area contributed by atoms with E-state index in [0.29, 0.717) is 12.4 Å². The van der Waals surface area contributed by atoms with Crippen molar-refractivity contribution in [3.8, 4) is 5.75 Å². The molecule has 0 heterocycles. The third-order valence-corrected chi connectivity index (χ3v) is 5.71. The monoisotopic (exact) mass is 426 g/mol. The van der Waals surface area contributed by atoms with Crippen LogP contribution in [0.15, 0.2) is 83.8 Å². The number of hydrogen-bond acceptors (Lipinski definition) is 6. The number of nitrogens with one attached hydrogen (secondary N) is 1. The third kappa shape index (κ3) is 5.42. The number of sulfone groups is 1. The van der Waals surface area contributed by atoms with E-state index in [9.17, 15) is 23.3 Å². The lowest BCUT2D eigenvalue weighted by Gasteiger charge is -2.09. The molecule has 3 aromatic rings. The molecule has 0 saturated heterocycles. The summed E-state index contributed by atoms with van der Waals surface area (Å²) in [5, 5.41) is 13.0. The number of rotatable bonds is 8. The third-order valence-electron chi connectivity index (χ3n) is 4.19. The van der Waals surface area contributed by atoms with Crippen LogP contribution < -0.4 is 10.1 Å². The van der Waals surface area contributed by atoms with Gasteiger partial charge in [0.15, 0.2) is 9.84 Å². The second kappa shape index (κ2) is 9.19. The van der Waals surface area contributed by atoms with Crippen molar-refractivity contribution in [3.63, 3.8) is 0 Å². The van der Waals surface area contributed by atoms with E-state index in [1.807, 2.05) is 30.3 Å². The van der Waals surface area contributed by atoms with Gasteiger partial charge in [-0.3, -0.25) is 14.9 Å². The number of hydrogen-bond donors (Lipinski definition) is 1. The lowest BCUT2D eigenvalue weighted by Crippen LogP contribution is -2.29. The van der Waals surface area contributed by atoms with Gasteiger partial charge in [-0.15, -0.1) is 0 Å². The van der Waals surface area contributed by atoms with E-state index < -0.39 is 26.5 Å². The Morgan fingerprint density at radius 3 is 2.17 bits per heavy atom. The summed E-state index contributed by atoms with van der Waals surface area (Å²) in [4.78, 5) is 22.2. The molecule has 1 N–H and O–H groups in total. The van der Waals surface area contributed by atoms with Gasteiger partial charge < -0.3 is 10.1 Å². The molecule has 3 rings (SSSR count). The lowest BCUT2D eigenvalue weighted by atomic mass is 10.2. The highest BCUT2D eigenvalue weighted by atomic mass is 32.2. The van der Waals surface area contributed by atoms with Crippen LogP contribution in [0.1, 0.15) is 15.9 Å². The van der Waals surface area contributed by atoms with Gasteiger partial charge in [0.1, 0.15) is 18.2 Å². The number of nitro groups is 1.